The molecule has 1 heterocycles. The Hall–Kier alpha value is -1.82. The Kier molecular flexibility index (Phi) is 3.02. The lowest BCUT2D eigenvalue weighted by Crippen LogP contribution is -2.10. The molecule has 3 rings (SSSR count). The van der Waals surface area contributed by atoms with E-state index in [1.54, 1.807) is 0 Å². The molecular weight excluding hydrogens is 234 g/mol. The molecule has 19 heavy (non-hydrogen) atoms. The number of aromatic amines is 1. The minimum atomic E-state index is -0.0418. The van der Waals surface area contributed by atoms with Gasteiger partial charge in [-0.25, -0.2) is 4.98 Å². The fourth-order valence-corrected chi connectivity index (χ4v) is 2.72. The highest BCUT2D eigenvalue weighted by Gasteiger charge is 2.23. The third kappa shape index (κ3) is 2.12. The standard InChI is InChI=1S/C16H19N3/c1-10(2)13(9-17)12-6-7-14-15(8-12)19-16(18-14)11-4-3-5-11/h6-8,10-11,13H,3-5H2,1-2H3,(H,18,19). The Morgan fingerprint density at radius 1 is 1.37 bits per heavy atom. The number of benzene rings is 1. The van der Waals surface area contributed by atoms with Crippen molar-refractivity contribution < 1.29 is 0 Å². The van der Waals surface area contributed by atoms with Gasteiger partial charge in [0.1, 0.15) is 5.82 Å². The van der Waals surface area contributed by atoms with E-state index in [0.717, 1.165) is 22.4 Å². The fraction of sp³-hybridized carbons (Fsp3) is 0.500. The van der Waals surface area contributed by atoms with Crippen LogP contribution in [0, 0.1) is 17.2 Å². The van der Waals surface area contributed by atoms with Gasteiger partial charge in [0.2, 0.25) is 0 Å². The summed E-state index contributed by atoms with van der Waals surface area (Å²) < 4.78 is 0. The number of rotatable bonds is 3. The van der Waals surface area contributed by atoms with E-state index in [4.69, 9.17) is 0 Å². The smallest absolute Gasteiger partial charge is 0.110 e. The Morgan fingerprint density at radius 3 is 2.74 bits per heavy atom. The number of imidazole rings is 1. The third-order valence-electron chi connectivity index (χ3n) is 4.18. The molecule has 0 spiro atoms. The Morgan fingerprint density at radius 2 is 2.16 bits per heavy atom. The Bertz CT molecular complexity index is 629. The zero-order valence-electron chi connectivity index (χ0n) is 11.5. The molecule has 98 valence electrons. The third-order valence-corrected chi connectivity index (χ3v) is 4.18. The summed E-state index contributed by atoms with van der Waals surface area (Å²) in [4.78, 5) is 8.10. The summed E-state index contributed by atoms with van der Waals surface area (Å²) in [7, 11) is 0. The van der Waals surface area contributed by atoms with Crippen LogP contribution in [0.5, 0.6) is 0 Å². The van der Waals surface area contributed by atoms with Gasteiger partial charge < -0.3 is 4.98 Å². The Balaban J connectivity index is 1.98. The number of fused-ring (bicyclic) bond motifs is 1. The normalized spacial score (nSPS) is 17.4. The first kappa shape index (κ1) is 12.2. The highest BCUT2D eigenvalue weighted by molar-refractivity contribution is 5.76. The van der Waals surface area contributed by atoms with Crippen LogP contribution in [0.3, 0.4) is 0 Å². The van der Waals surface area contributed by atoms with Gasteiger partial charge in [-0.15, -0.1) is 0 Å². The second-order valence-corrected chi connectivity index (χ2v) is 5.88. The SMILES string of the molecule is CC(C)C(C#N)c1ccc2nc(C3CCC3)[nH]c2c1. The summed E-state index contributed by atoms with van der Waals surface area (Å²) in [5.41, 5.74) is 3.18. The molecule has 0 saturated heterocycles. The van der Waals surface area contributed by atoms with Gasteiger partial charge in [-0.3, -0.25) is 0 Å². The van der Waals surface area contributed by atoms with E-state index >= 15 is 0 Å². The van der Waals surface area contributed by atoms with Gasteiger partial charge in [-0.1, -0.05) is 26.3 Å². The van der Waals surface area contributed by atoms with Gasteiger partial charge in [-0.2, -0.15) is 5.26 Å². The van der Waals surface area contributed by atoms with Crippen molar-refractivity contribution in [1.29, 1.82) is 5.26 Å². The lowest BCUT2D eigenvalue weighted by atomic mass is 9.85. The van der Waals surface area contributed by atoms with E-state index < -0.39 is 0 Å². The molecule has 1 fully saturated rings. The van der Waals surface area contributed by atoms with Gasteiger partial charge in [0.25, 0.3) is 0 Å². The van der Waals surface area contributed by atoms with Crippen LogP contribution >= 0.6 is 0 Å². The largest absolute Gasteiger partial charge is 0.342 e. The molecule has 1 N–H and O–H groups in total. The number of nitrogens with zero attached hydrogens (tertiary/aromatic N) is 2. The Labute approximate surface area is 113 Å². The zero-order chi connectivity index (χ0) is 13.4. The van der Waals surface area contributed by atoms with E-state index in [0.29, 0.717) is 11.8 Å². The first-order chi connectivity index (χ1) is 9.19. The summed E-state index contributed by atoms with van der Waals surface area (Å²) in [5, 5.41) is 9.29. The lowest BCUT2D eigenvalue weighted by molar-refractivity contribution is 0.405. The lowest BCUT2D eigenvalue weighted by Gasteiger charge is -2.22. The van der Waals surface area contributed by atoms with E-state index in [1.165, 1.54) is 19.3 Å². The summed E-state index contributed by atoms with van der Waals surface area (Å²) in [5.74, 6) is 2.03. The molecule has 1 unspecified atom stereocenters. The number of nitrogens with one attached hydrogen (secondary N) is 1. The molecule has 0 amide bonds. The molecule has 1 aromatic carbocycles. The first-order valence-electron chi connectivity index (χ1n) is 7.08. The van der Waals surface area contributed by atoms with E-state index in [9.17, 15) is 5.26 Å². The molecule has 1 aliphatic carbocycles. The van der Waals surface area contributed by atoms with Crippen LogP contribution in [0.1, 0.15) is 56.3 Å². The molecule has 2 aromatic rings. The highest BCUT2D eigenvalue weighted by Crippen LogP contribution is 2.36. The molecule has 0 bridgehead atoms. The number of hydrogen-bond acceptors (Lipinski definition) is 2. The van der Waals surface area contributed by atoms with Gasteiger partial charge >= 0.3 is 0 Å². The van der Waals surface area contributed by atoms with Crippen molar-refractivity contribution >= 4 is 11.0 Å². The van der Waals surface area contributed by atoms with Crippen molar-refractivity contribution in [3.63, 3.8) is 0 Å². The van der Waals surface area contributed by atoms with E-state index in [2.05, 4.69) is 36.0 Å². The van der Waals surface area contributed by atoms with Crippen LogP contribution < -0.4 is 0 Å². The molecule has 1 aromatic heterocycles. The number of nitriles is 1. The van der Waals surface area contributed by atoms with Crippen molar-refractivity contribution in [1.82, 2.24) is 9.97 Å². The summed E-state index contributed by atoms with van der Waals surface area (Å²) >= 11 is 0. The molecular formula is C16H19N3. The second-order valence-electron chi connectivity index (χ2n) is 5.88. The van der Waals surface area contributed by atoms with Crippen LogP contribution in [0.15, 0.2) is 18.2 Å². The summed E-state index contributed by atoms with van der Waals surface area (Å²) in [6, 6.07) is 8.58. The van der Waals surface area contributed by atoms with Crippen molar-refractivity contribution in [2.24, 2.45) is 5.92 Å². The maximum Gasteiger partial charge on any atom is 0.110 e. The molecule has 3 nitrogen and oxygen atoms in total. The van der Waals surface area contributed by atoms with Gasteiger partial charge in [0, 0.05) is 5.92 Å². The van der Waals surface area contributed by atoms with Gasteiger partial charge in [0.05, 0.1) is 23.0 Å². The minimum Gasteiger partial charge on any atom is -0.342 e. The quantitative estimate of drug-likeness (QED) is 0.895. The van der Waals surface area contributed by atoms with E-state index in [-0.39, 0.29) is 5.92 Å². The number of aromatic nitrogens is 2. The predicted molar refractivity (Wildman–Crippen MR) is 75.9 cm³/mol. The van der Waals surface area contributed by atoms with Crippen molar-refractivity contribution in [3.05, 3.63) is 29.6 Å². The average molecular weight is 253 g/mol. The topological polar surface area (TPSA) is 52.5 Å². The van der Waals surface area contributed by atoms with Crippen LogP contribution in [-0.4, -0.2) is 9.97 Å². The molecule has 0 radical (unpaired) electrons. The second kappa shape index (κ2) is 4.70. The number of H-pyrrole nitrogens is 1. The molecule has 1 aliphatic rings. The monoisotopic (exact) mass is 253 g/mol. The summed E-state index contributed by atoms with van der Waals surface area (Å²) in [6.45, 7) is 4.18. The first-order valence-corrected chi connectivity index (χ1v) is 7.08. The fourth-order valence-electron chi connectivity index (χ4n) is 2.72. The zero-order valence-corrected chi connectivity index (χ0v) is 11.5. The highest BCUT2D eigenvalue weighted by atomic mass is 14.9. The minimum absolute atomic E-state index is 0.0418. The average Bonchev–Trinajstić information content (AvgIpc) is 2.69. The molecule has 0 aliphatic heterocycles. The van der Waals surface area contributed by atoms with Crippen LogP contribution in [-0.2, 0) is 0 Å². The maximum atomic E-state index is 9.29. The molecule has 1 saturated carbocycles. The van der Waals surface area contributed by atoms with Crippen LogP contribution in [0.25, 0.3) is 11.0 Å². The molecule has 3 heteroatoms. The van der Waals surface area contributed by atoms with Crippen molar-refractivity contribution in [3.8, 4) is 6.07 Å². The maximum absolute atomic E-state index is 9.29. The summed E-state index contributed by atoms with van der Waals surface area (Å²) in [6.07, 6.45) is 3.82. The van der Waals surface area contributed by atoms with Crippen LogP contribution in [0.2, 0.25) is 0 Å². The number of hydrogen-bond donors (Lipinski definition) is 1. The predicted octanol–water partition coefficient (Wildman–Crippen LogP) is 4.09. The van der Waals surface area contributed by atoms with Crippen molar-refractivity contribution in [2.75, 3.05) is 0 Å². The molecule has 1 atom stereocenters. The van der Waals surface area contributed by atoms with Gasteiger partial charge in [0.15, 0.2) is 0 Å². The van der Waals surface area contributed by atoms with Crippen LogP contribution in [0.4, 0.5) is 0 Å². The van der Waals surface area contributed by atoms with Gasteiger partial charge in [-0.05, 0) is 36.5 Å². The van der Waals surface area contributed by atoms with Crippen molar-refractivity contribution in [2.45, 2.75) is 44.9 Å². The van der Waals surface area contributed by atoms with E-state index in [1.807, 2.05) is 12.1 Å².